The molecule has 4 atom stereocenters. The third kappa shape index (κ3) is 2.88. The maximum Gasteiger partial charge on any atom is 0.224 e. The number of amides is 1. The molecule has 2 aliphatic rings. The number of likely N-dealkylation sites (tertiary alicyclic amines) is 1. The molecule has 1 aliphatic carbocycles. The van der Waals surface area contributed by atoms with Crippen molar-refractivity contribution in [3.05, 3.63) is 35.0 Å². The summed E-state index contributed by atoms with van der Waals surface area (Å²) in [5.41, 5.74) is 5.54. The molecule has 1 fully saturated rings. The average Bonchev–Trinajstić information content (AvgIpc) is 2.92. The van der Waals surface area contributed by atoms with Crippen LogP contribution in [0, 0.1) is 12.8 Å². The number of nitrogens with one attached hydrogen (secondary N) is 1. The number of nitrogens with zero attached hydrogens (tertiary/aromatic N) is 2. The van der Waals surface area contributed by atoms with Crippen LogP contribution in [0.15, 0.2) is 18.2 Å². The Morgan fingerprint density at radius 1 is 1.37 bits per heavy atom. The van der Waals surface area contributed by atoms with E-state index in [0.29, 0.717) is 12.0 Å². The number of aromatic nitrogens is 1. The van der Waals surface area contributed by atoms with Gasteiger partial charge in [0.15, 0.2) is 0 Å². The molecule has 0 bridgehead atoms. The van der Waals surface area contributed by atoms with Crippen molar-refractivity contribution < 1.29 is 9.90 Å². The second-order valence-corrected chi connectivity index (χ2v) is 8.41. The fourth-order valence-corrected chi connectivity index (χ4v) is 5.24. The van der Waals surface area contributed by atoms with E-state index < -0.39 is 0 Å². The van der Waals surface area contributed by atoms with Gasteiger partial charge in [-0.05, 0) is 50.4 Å². The first-order chi connectivity index (χ1) is 13.0. The van der Waals surface area contributed by atoms with Crippen LogP contribution in [0.25, 0.3) is 10.9 Å². The highest BCUT2D eigenvalue weighted by Gasteiger charge is 2.42. The second-order valence-electron chi connectivity index (χ2n) is 8.41. The fourth-order valence-electron chi connectivity index (χ4n) is 5.24. The molecular weight excluding hydrogens is 338 g/mol. The number of carbonyl (C=O) groups is 1. The summed E-state index contributed by atoms with van der Waals surface area (Å²) in [5.74, 6) is 0.439. The van der Waals surface area contributed by atoms with Gasteiger partial charge in [-0.3, -0.25) is 4.79 Å². The van der Waals surface area contributed by atoms with Crippen LogP contribution < -0.4 is 5.32 Å². The van der Waals surface area contributed by atoms with Gasteiger partial charge in [-0.25, -0.2) is 0 Å². The van der Waals surface area contributed by atoms with E-state index in [2.05, 4.69) is 54.0 Å². The Hall–Kier alpha value is -1.85. The number of hydrogen-bond donors (Lipinski definition) is 2. The van der Waals surface area contributed by atoms with Gasteiger partial charge in [-0.15, -0.1) is 0 Å². The topological polar surface area (TPSA) is 57.5 Å². The van der Waals surface area contributed by atoms with Gasteiger partial charge in [0.25, 0.3) is 0 Å². The lowest BCUT2D eigenvalue weighted by molar-refractivity contribution is -0.128. The van der Waals surface area contributed by atoms with E-state index in [1.54, 1.807) is 0 Å². The van der Waals surface area contributed by atoms with Crippen LogP contribution in [0.1, 0.15) is 42.5 Å². The Morgan fingerprint density at radius 2 is 2.15 bits per heavy atom. The molecule has 1 saturated heterocycles. The lowest BCUT2D eigenvalue weighted by atomic mass is 9.72. The first kappa shape index (κ1) is 18.5. The monoisotopic (exact) mass is 369 g/mol. The van der Waals surface area contributed by atoms with Gasteiger partial charge in [0.2, 0.25) is 5.91 Å². The third-order valence-electron chi connectivity index (χ3n) is 7.00. The fraction of sp³-hybridized carbons (Fsp3) is 0.591. The third-order valence-corrected chi connectivity index (χ3v) is 7.00. The van der Waals surface area contributed by atoms with E-state index in [9.17, 15) is 9.90 Å². The standard InChI is InChI=1S/C22H31N3O2/c1-5-15(12-26)23-22(27)14-9-18-16-7-6-8-19-21(16)17(13(2)25(19)4)10-20(18)24(3)11-14/h6-8,14-15,18,20,26H,5,9-12H2,1-4H3,(H,23,27)/t14?,15?,18?,20-/m1/s1. The molecule has 1 aliphatic heterocycles. The summed E-state index contributed by atoms with van der Waals surface area (Å²) in [6, 6.07) is 6.94. The molecule has 4 rings (SSSR count). The van der Waals surface area contributed by atoms with Crippen molar-refractivity contribution in [3.8, 4) is 0 Å². The lowest BCUT2D eigenvalue weighted by Crippen LogP contribution is -2.52. The molecule has 1 amide bonds. The van der Waals surface area contributed by atoms with Crippen LogP contribution in [-0.2, 0) is 18.3 Å². The number of likely N-dealkylation sites (N-methyl/N-ethyl adjacent to an activating group) is 1. The van der Waals surface area contributed by atoms with E-state index >= 15 is 0 Å². The van der Waals surface area contributed by atoms with Gasteiger partial charge in [0, 0.05) is 42.1 Å². The number of rotatable bonds is 4. The number of carbonyl (C=O) groups excluding carboxylic acids is 1. The SMILES string of the molecule is CCC(CO)NC(=O)C1CC2c3cccc4c3c(c(C)n4C)C[C@H]2N(C)C1. The molecular formula is C22H31N3O2. The molecule has 5 nitrogen and oxygen atoms in total. The molecule has 0 radical (unpaired) electrons. The first-order valence-corrected chi connectivity index (χ1v) is 10.1. The molecule has 3 unspecified atom stereocenters. The van der Waals surface area contributed by atoms with Crippen molar-refractivity contribution in [2.24, 2.45) is 13.0 Å². The summed E-state index contributed by atoms with van der Waals surface area (Å²) in [6.45, 7) is 5.00. The van der Waals surface area contributed by atoms with Crippen molar-refractivity contribution in [1.29, 1.82) is 0 Å². The molecule has 2 N–H and O–H groups in total. The smallest absolute Gasteiger partial charge is 0.224 e. The summed E-state index contributed by atoms with van der Waals surface area (Å²) < 4.78 is 2.31. The Kier molecular flexibility index (Phi) is 4.77. The van der Waals surface area contributed by atoms with Gasteiger partial charge in [-0.2, -0.15) is 0 Å². The number of aryl methyl sites for hydroxylation is 1. The van der Waals surface area contributed by atoms with E-state index in [1.807, 2.05) is 6.92 Å². The summed E-state index contributed by atoms with van der Waals surface area (Å²) in [7, 11) is 4.31. The summed E-state index contributed by atoms with van der Waals surface area (Å²) in [5, 5.41) is 13.9. The minimum Gasteiger partial charge on any atom is -0.394 e. The minimum absolute atomic E-state index is 0.00279. The van der Waals surface area contributed by atoms with Crippen LogP contribution in [0.2, 0.25) is 0 Å². The van der Waals surface area contributed by atoms with Gasteiger partial charge in [0.1, 0.15) is 0 Å². The highest BCUT2D eigenvalue weighted by Crippen LogP contribution is 2.45. The van der Waals surface area contributed by atoms with Crippen molar-refractivity contribution in [2.45, 2.75) is 51.1 Å². The summed E-state index contributed by atoms with van der Waals surface area (Å²) >= 11 is 0. The van der Waals surface area contributed by atoms with Gasteiger partial charge < -0.3 is 19.9 Å². The maximum absolute atomic E-state index is 12.8. The van der Waals surface area contributed by atoms with Crippen LogP contribution in [0.3, 0.4) is 0 Å². The maximum atomic E-state index is 12.8. The molecule has 27 heavy (non-hydrogen) atoms. The quantitative estimate of drug-likeness (QED) is 0.870. The van der Waals surface area contributed by atoms with Crippen LogP contribution in [-0.4, -0.2) is 52.8 Å². The number of piperidine rings is 1. The predicted molar refractivity (Wildman–Crippen MR) is 108 cm³/mol. The van der Waals surface area contributed by atoms with E-state index in [0.717, 1.165) is 25.8 Å². The average molecular weight is 370 g/mol. The predicted octanol–water partition coefficient (Wildman–Crippen LogP) is 2.33. The Balaban J connectivity index is 1.68. The van der Waals surface area contributed by atoms with E-state index in [1.165, 1.54) is 27.7 Å². The van der Waals surface area contributed by atoms with Gasteiger partial charge in [-0.1, -0.05) is 19.1 Å². The molecule has 146 valence electrons. The molecule has 2 heterocycles. The number of aliphatic hydroxyl groups is 1. The molecule has 5 heteroatoms. The van der Waals surface area contributed by atoms with Crippen LogP contribution in [0.5, 0.6) is 0 Å². The zero-order chi connectivity index (χ0) is 19.3. The Labute approximate surface area is 161 Å². The van der Waals surface area contributed by atoms with Gasteiger partial charge in [0.05, 0.1) is 18.6 Å². The second kappa shape index (κ2) is 6.95. The number of aliphatic hydroxyl groups excluding tert-OH is 1. The molecule has 0 spiro atoms. The summed E-state index contributed by atoms with van der Waals surface area (Å²) in [6.07, 6.45) is 2.70. The molecule has 0 saturated carbocycles. The van der Waals surface area contributed by atoms with Crippen molar-refractivity contribution in [1.82, 2.24) is 14.8 Å². The number of fused-ring (bicyclic) bond motifs is 2. The minimum atomic E-state index is -0.140. The normalized spacial score (nSPS) is 26.0. The number of hydrogen-bond acceptors (Lipinski definition) is 3. The van der Waals surface area contributed by atoms with Gasteiger partial charge >= 0.3 is 0 Å². The van der Waals surface area contributed by atoms with Crippen LogP contribution in [0.4, 0.5) is 0 Å². The van der Waals surface area contributed by atoms with Crippen molar-refractivity contribution in [3.63, 3.8) is 0 Å². The van der Waals surface area contributed by atoms with E-state index in [-0.39, 0.29) is 24.5 Å². The van der Waals surface area contributed by atoms with E-state index in [4.69, 9.17) is 0 Å². The zero-order valence-corrected chi connectivity index (χ0v) is 16.8. The summed E-state index contributed by atoms with van der Waals surface area (Å²) in [4.78, 5) is 15.2. The van der Waals surface area contributed by atoms with Crippen molar-refractivity contribution in [2.75, 3.05) is 20.2 Å². The largest absolute Gasteiger partial charge is 0.394 e. The lowest BCUT2D eigenvalue weighted by Gasteiger charge is -2.45. The zero-order valence-electron chi connectivity index (χ0n) is 16.8. The molecule has 1 aromatic heterocycles. The molecule has 2 aromatic rings. The molecule has 1 aromatic carbocycles. The number of benzene rings is 1. The Morgan fingerprint density at radius 3 is 2.85 bits per heavy atom. The van der Waals surface area contributed by atoms with Crippen molar-refractivity contribution >= 4 is 16.8 Å². The Bertz CT molecular complexity index is 868. The highest BCUT2D eigenvalue weighted by atomic mass is 16.3. The van der Waals surface area contributed by atoms with Crippen LogP contribution >= 0.6 is 0 Å². The highest BCUT2D eigenvalue weighted by molar-refractivity contribution is 5.90. The first-order valence-electron chi connectivity index (χ1n) is 10.1.